The summed E-state index contributed by atoms with van der Waals surface area (Å²) in [5, 5.41) is 20.5. The zero-order valence-corrected chi connectivity index (χ0v) is 17.7. The van der Waals surface area contributed by atoms with Crippen LogP contribution in [0.4, 0.5) is 10.1 Å². The van der Waals surface area contributed by atoms with Crippen molar-refractivity contribution in [1.82, 2.24) is 9.80 Å². The van der Waals surface area contributed by atoms with Crippen molar-refractivity contribution < 1.29 is 28.7 Å². The van der Waals surface area contributed by atoms with Gasteiger partial charge >= 0.3 is 11.7 Å². The molecule has 0 bridgehead atoms. The molecular weight excluding hydrogens is 421 g/mol. The number of rotatable bonds is 7. The number of halogens is 1. The van der Waals surface area contributed by atoms with Gasteiger partial charge in [-0.15, -0.1) is 0 Å². The molecule has 10 heteroatoms. The zero-order valence-electron chi connectivity index (χ0n) is 17.7. The van der Waals surface area contributed by atoms with E-state index in [0.717, 1.165) is 11.6 Å². The van der Waals surface area contributed by atoms with Gasteiger partial charge in [-0.3, -0.25) is 19.8 Å². The first kappa shape index (κ1) is 23.1. The smallest absolute Gasteiger partial charge is 0.342 e. The number of piperazine rings is 1. The molecule has 0 saturated carbocycles. The molecule has 2 aromatic carbocycles. The van der Waals surface area contributed by atoms with Crippen molar-refractivity contribution >= 4 is 17.6 Å². The van der Waals surface area contributed by atoms with Gasteiger partial charge in [-0.25, -0.2) is 9.18 Å². The number of hydrogen-bond acceptors (Lipinski definition) is 6. The Morgan fingerprint density at radius 1 is 1.16 bits per heavy atom. The highest BCUT2D eigenvalue weighted by Gasteiger charge is 2.33. The van der Waals surface area contributed by atoms with Crippen molar-refractivity contribution in [2.75, 3.05) is 19.7 Å². The molecule has 2 atom stereocenters. The van der Waals surface area contributed by atoms with Crippen molar-refractivity contribution in [3.05, 3.63) is 69.5 Å². The number of nitro benzene ring substituents is 1. The summed E-state index contributed by atoms with van der Waals surface area (Å²) in [7, 11) is 0. The number of carboxylic acids is 1. The third-order valence-corrected chi connectivity index (χ3v) is 5.50. The Hall–Kier alpha value is -3.53. The SMILES string of the molecule is C[C@@H]1CN(Cc2ccc(F)cc2)[C@@H](C)CN1C(=O)COc1cccc(C(=O)O)c1[N+](=O)[O-]. The first-order chi connectivity index (χ1) is 15.2. The third-order valence-electron chi connectivity index (χ3n) is 5.50. The number of amides is 1. The number of nitrogens with zero attached hydrogens (tertiary/aromatic N) is 3. The monoisotopic (exact) mass is 445 g/mol. The van der Waals surface area contributed by atoms with E-state index in [1.807, 2.05) is 13.8 Å². The first-order valence-electron chi connectivity index (χ1n) is 10.1. The van der Waals surface area contributed by atoms with Gasteiger partial charge in [0.25, 0.3) is 5.91 Å². The molecule has 1 amide bonds. The van der Waals surface area contributed by atoms with Crippen molar-refractivity contribution in [1.29, 1.82) is 0 Å². The highest BCUT2D eigenvalue weighted by molar-refractivity contribution is 5.93. The maximum atomic E-state index is 13.1. The van der Waals surface area contributed by atoms with E-state index in [4.69, 9.17) is 9.84 Å². The molecule has 1 aliphatic heterocycles. The van der Waals surface area contributed by atoms with Crippen LogP contribution < -0.4 is 4.74 Å². The molecule has 1 N–H and O–H groups in total. The van der Waals surface area contributed by atoms with Crippen LogP contribution in [0.15, 0.2) is 42.5 Å². The van der Waals surface area contributed by atoms with E-state index in [0.29, 0.717) is 19.6 Å². The minimum atomic E-state index is -1.45. The molecule has 0 aliphatic carbocycles. The Bertz CT molecular complexity index is 1010. The second-order valence-electron chi connectivity index (χ2n) is 7.80. The summed E-state index contributed by atoms with van der Waals surface area (Å²) in [4.78, 5) is 38.4. The topological polar surface area (TPSA) is 113 Å². The lowest BCUT2D eigenvalue weighted by Gasteiger charge is -2.44. The fourth-order valence-electron chi connectivity index (χ4n) is 3.81. The number of nitro groups is 1. The van der Waals surface area contributed by atoms with Crippen molar-refractivity contribution in [3.8, 4) is 5.75 Å². The molecular formula is C22H24FN3O6. The van der Waals surface area contributed by atoms with Gasteiger partial charge in [0, 0.05) is 31.7 Å². The molecule has 170 valence electrons. The van der Waals surface area contributed by atoms with Crippen LogP contribution in [0.2, 0.25) is 0 Å². The average molecular weight is 445 g/mol. The number of para-hydroxylation sites is 1. The van der Waals surface area contributed by atoms with Crippen LogP contribution in [-0.2, 0) is 11.3 Å². The highest BCUT2D eigenvalue weighted by atomic mass is 19.1. The Labute approximate surface area is 184 Å². The van der Waals surface area contributed by atoms with Gasteiger partial charge < -0.3 is 14.7 Å². The van der Waals surface area contributed by atoms with Gasteiger partial charge in [0.05, 0.1) is 4.92 Å². The lowest BCUT2D eigenvalue weighted by molar-refractivity contribution is -0.386. The third kappa shape index (κ3) is 5.20. The van der Waals surface area contributed by atoms with E-state index >= 15 is 0 Å². The van der Waals surface area contributed by atoms with Crippen LogP contribution in [0.3, 0.4) is 0 Å². The number of hydrogen-bond donors (Lipinski definition) is 1. The molecule has 1 fully saturated rings. The van der Waals surface area contributed by atoms with Crippen LogP contribution in [0.25, 0.3) is 0 Å². The van der Waals surface area contributed by atoms with Crippen LogP contribution in [0.5, 0.6) is 5.75 Å². The van der Waals surface area contributed by atoms with Gasteiger partial charge in [-0.2, -0.15) is 0 Å². The summed E-state index contributed by atoms with van der Waals surface area (Å²) >= 11 is 0. The van der Waals surface area contributed by atoms with E-state index in [1.165, 1.54) is 24.3 Å². The fourth-order valence-corrected chi connectivity index (χ4v) is 3.81. The Balaban J connectivity index is 1.64. The normalized spacial score (nSPS) is 18.9. The number of carbonyl (C=O) groups excluding carboxylic acids is 1. The summed E-state index contributed by atoms with van der Waals surface area (Å²) < 4.78 is 18.5. The van der Waals surface area contributed by atoms with Gasteiger partial charge in [0.2, 0.25) is 0 Å². The molecule has 0 spiro atoms. The van der Waals surface area contributed by atoms with Gasteiger partial charge in [0.15, 0.2) is 12.4 Å². The minimum absolute atomic E-state index is 0.0323. The molecule has 1 heterocycles. The predicted octanol–water partition coefficient (Wildman–Crippen LogP) is 2.93. The first-order valence-corrected chi connectivity index (χ1v) is 10.1. The van der Waals surface area contributed by atoms with E-state index in [9.17, 15) is 24.1 Å². The number of carboxylic acid groups (broad SMARTS) is 1. The van der Waals surface area contributed by atoms with Gasteiger partial charge in [-0.1, -0.05) is 18.2 Å². The van der Waals surface area contributed by atoms with Crippen LogP contribution in [0, 0.1) is 15.9 Å². The second kappa shape index (κ2) is 9.73. The van der Waals surface area contributed by atoms with E-state index in [-0.39, 0.29) is 29.6 Å². The van der Waals surface area contributed by atoms with Crippen LogP contribution in [0.1, 0.15) is 29.8 Å². The largest absolute Gasteiger partial charge is 0.477 e. The molecule has 9 nitrogen and oxygen atoms in total. The van der Waals surface area contributed by atoms with E-state index < -0.39 is 28.8 Å². The summed E-state index contributed by atoms with van der Waals surface area (Å²) in [6, 6.07) is 9.90. The zero-order chi connectivity index (χ0) is 23.4. The standard InChI is InChI=1S/C22H24FN3O6/c1-14-11-25(15(2)10-24(14)12-16-6-8-17(23)9-7-16)20(27)13-32-19-5-3-4-18(22(28)29)21(19)26(30)31/h3-9,14-15H,10-13H2,1-2H3,(H,28,29)/t14-,15+/m0/s1. The second-order valence-corrected chi connectivity index (χ2v) is 7.80. The maximum Gasteiger partial charge on any atom is 0.342 e. The molecule has 3 rings (SSSR count). The summed E-state index contributed by atoms with van der Waals surface area (Å²) in [6.45, 7) is 5.09. The molecule has 0 aromatic heterocycles. The number of aromatic carboxylic acids is 1. The molecule has 1 aliphatic rings. The van der Waals surface area contributed by atoms with E-state index in [2.05, 4.69) is 4.90 Å². The van der Waals surface area contributed by atoms with Gasteiger partial charge in [0.1, 0.15) is 11.4 Å². The van der Waals surface area contributed by atoms with Crippen molar-refractivity contribution in [3.63, 3.8) is 0 Å². The Kier molecular flexibility index (Phi) is 7.04. The molecule has 32 heavy (non-hydrogen) atoms. The molecule has 1 saturated heterocycles. The average Bonchev–Trinajstić information content (AvgIpc) is 2.75. The van der Waals surface area contributed by atoms with Crippen molar-refractivity contribution in [2.45, 2.75) is 32.5 Å². The fraction of sp³-hybridized carbons (Fsp3) is 0.364. The Morgan fingerprint density at radius 3 is 2.47 bits per heavy atom. The number of carbonyl (C=O) groups is 2. The number of ether oxygens (including phenoxy) is 1. The van der Waals surface area contributed by atoms with E-state index in [1.54, 1.807) is 17.0 Å². The molecule has 0 radical (unpaired) electrons. The summed E-state index contributed by atoms with van der Waals surface area (Å²) in [5.74, 6) is -2.35. The van der Waals surface area contributed by atoms with Crippen LogP contribution >= 0.6 is 0 Å². The Morgan fingerprint density at radius 2 is 1.84 bits per heavy atom. The number of benzene rings is 2. The quantitative estimate of drug-likeness (QED) is 0.515. The lowest BCUT2D eigenvalue weighted by Crippen LogP contribution is -2.58. The van der Waals surface area contributed by atoms with Crippen LogP contribution in [-0.4, -0.2) is 63.5 Å². The molecule has 2 aromatic rings. The highest BCUT2D eigenvalue weighted by Crippen LogP contribution is 2.31. The lowest BCUT2D eigenvalue weighted by atomic mass is 10.1. The van der Waals surface area contributed by atoms with Gasteiger partial charge in [-0.05, 0) is 43.7 Å². The summed E-state index contributed by atoms with van der Waals surface area (Å²) in [6.07, 6.45) is 0. The maximum absolute atomic E-state index is 13.1. The summed E-state index contributed by atoms with van der Waals surface area (Å²) in [5.41, 5.74) is -0.214. The minimum Gasteiger partial charge on any atom is -0.477 e. The predicted molar refractivity (Wildman–Crippen MR) is 113 cm³/mol. The molecule has 0 unspecified atom stereocenters. The van der Waals surface area contributed by atoms with Crippen molar-refractivity contribution in [2.24, 2.45) is 0 Å².